The quantitative estimate of drug-likeness (QED) is 0.473. The van der Waals surface area contributed by atoms with Crippen molar-refractivity contribution in [2.75, 3.05) is 25.4 Å². The van der Waals surface area contributed by atoms with Crippen molar-refractivity contribution in [1.82, 2.24) is 4.90 Å². The Balaban J connectivity index is 3.45. The Morgan fingerprint density at radius 2 is 2.00 bits per heavy atom. The minimum absolute atomic E-state index is 0.853. The summed E-state index contributed by atoms with van der Waals surface area (Å²) < 4.78 is 0. The molecular weight excluding hydrogens is 166 g/mol. The molecule has 0 bridgehead atoms. The lowest BCUT2D eigenvalue weighted by atomic mass is 10.3. The molecule has 0 spiro atoms. The molecule has 0 atom stereocenters. The standard InChI is InChI=1S/C10H21NS/c1-3-5-8-11(4-2)9-6-7-10-12/h6-7,12H,3-5,8-10H2,1-2H3. The number of nitrogens with zero attached hydrogens (tertiary/aromatic N) is 1. The van der Waals surface area contributed by atoms with Gasteiger partial charge >= 0.3 is 0 Å². The molecule has 0 radical (unpaired) electrons. The first-order valence-corrected chi connectivity index (χ1v) is 5.46. The number of hydrogen-bond acceptors (Lipinski definition) is 2. The highest BCUT2D eigenvalue weighted by Crippen LogP contribution is 1.94. The summed E-state index contributed by atoms with van der Waals surface area (Å²) in [6, 6.07) is 0. The second-order valence-electron chi connectivity index (χ2n) is 2.90. The summed E-state index contributed by atoms with van der Waals surface area (Å²) in [6.45, 7) is 7.90. The van der Waals surface area contributed by atoms with Gasteiger partial charge in [-0.25, -0.2) is 0 Å². The lowest BCUT2D eigenvalue weighted by Gasteiger charge is -2.17. The van der Waals surface area contributed by atoms with Gasteiger partial charge in [0.05, 0.1) is 0 Å². The van der Waals surface area contributed by atoms with Gasteiger partial charge in [-0.05, 0) is 19.5 Å². The normalized spacial score (nSPS) is 11.7. The fraction of sp³-hybridized carbons (Fsp3) is 0.800. The van der Waals surface area contributed by atoms with Gasteiger partial charge in [0, 0.05) is 12.3 Å². The number of hydrogen-bond donors (Lipinski definition) is 1. The predicted octanol–water partition coefficient (Wildman–Crippen LogP) is 2.59. The first-order valence-electron chi connectivity index (χ1n) is 4.83. The average molecular weight is 187 g/mol. The molecule has 0 unspecified atom stereocenters. The lowest BCUT2D eigenvalue weighted by molar-refractivity contribution is 0.313. The maximum atomic E-state index is 4.12. The summed E-state index contributed by atoms with van der Waals surface area (Å²) in [5.74, 6) is 0.853. The van der Waals surface area contributed by atoms with E-state index < -0.39 is 0 Å². The Labute approximate surface area is 82.2 Å². The summed E-state index contributed by atoms with van der Waals surface area (Å²) in [4.78, 5) is 2.45. The van der Waals surface area contributed by atoms with Crippen molar-refractivity contribution in [3.8, 4) is 0 Å². The fourth-order valence-electron chi connectivity index (χ4n) is 1.06. The smallest absolute Gasteiger partial charge is 0.0163 e. The van der Waals surface area contributed by atoms with Crippen molar-refractivity contribution in [2.45, 2.75) is 26.7 Å². The van der Waals surface area contributed by atoms with E-state index in [1.165, 1.54) is 19.4 Å². The summed E-state index contributed by atoms with van der Waals surface area (Å²) in [5, 5.41) is 0. The van der Waals surface area contributed by atoms with Crippen LogP contribution in [0.2, 0.25) is 0 Å². The van der Waals surface area contributed by atoms with Gasteiger partial charge < -0.3 is 0 Å². The zero-order valence-corrected chi connectivity index (χ0v) is 9.19. The number of thiol groups is 1. The van der Waals surface area contributed by atoms with Gasteiger partial charge in [-0.2, -0.15) is 12.6 Å². The van der Waals surface area contributed by atoms with Crippen molar-refractivity contribution >= 4 is 12.6 Å². The number of likely N-dealkylation sites (N-methyl/N-ethyl adjacent to an activating group) is 1. The predicted molar refractivity (Wildman–Crippen MR) is 60.0 cm³/mol. The van der Waals surface area contributed by atoms with E-state index in [1.54, 1.807) is 0 Å². The Hall–Kier alpha value is 0.0500. The van der Waals surface area contributed by atoms with Crippen LogP contribution < -0.4 is 0 Å². The van der Waals surface area contributed by atoms with E-state index in [-0.39, 0.29) is 0 Å². The second-order valence-corrected chi connectivity index (χ2v) is 3.27. The van der Waals surface area contributed by atoms with Crippen molar-refractivity contribution in [1.29, 1.82) is 0 Å². The molecule has 1 nitrogen and oxygen atoms in total. The largest absolute Gasteiger partial charge is 0.300 e. The third-order valence-corrected chi connectivity index (χ3v) is 2.12. The lowest BCUT2D eigenvalue weighted by Crippen LogP contribution is -2.24. The molecule has 0 heterocycles. The highest BCUT2D eigenvalue weighted by Gasteiger charge is 1.96. The van der Waals surface area contributed by atoms with E-state index in [4.69, 9.17) is 0 Å². The third-order valence-electron chi connectivity index (χ3n) is 1.91. The van der Waals surface area contributed by atoms with Gasteiger partial charge in [0.1, 0.15) is 0 Å². The van der Waals surface area contributed by atoms with E-state index >= 15 is 0 Å². The second kappa shape index (κ2) is 9.14. The molecule has 0 aliphatic carbocycles. The fourth-order valence-corrected chi connectivity index (χ4v) is 1.21. The number of rotatable bonds is 7. The first-order chi connectivity index (χ1) is 5.85. The van der Waals surface area contributed by atoms with Gasteiger partial charge in [0.25, 0.3) is 0 Å². The molecule has 0 saturated carbocycles. The Morgan fingerprint density at radius 3 is 2.50 bits per heavy atom. The van der Waals surface area contributed by atoms with E-state index in [2.05, 4.69) is 43.5 Å². The minimum atomic E-state index is 0.853. The van der Waals surface area contributed by atoms with Crippen LogP contribution in [0.25, 0.3) is 0 Å². The zero-order chi connectivity index (χ0) is 9.23. The van der Waals surface area contributed by atoms with Crippen LogP contribution in [0.5, 0.6) is 0 Å². The molecule has 0 fully saturated rings. The average Bonchev–Trinajstić information content (AvgIpc) is 2.11. The molecule has 0 aromatic heterocycles. The maximum absolute atomic E-state index is 4.12. The van der Waals surface area contributed by atoms with Crippen LogP contribution >= 0.6 is 12.6 Å². The van der Waals surface area contributed by atoms with Crippen LogP contribution in [0.3, 0.4) is 0 Å². The summed E-state index contributed by atoms with van der Waals surface area (Å²) in [6.07, 6.45) is 6.90. The minimum Gasteiger partial charge on any atom is -0.300 e. The highest BCUT2D eigenvalue weighted by atomic mass is 32.1. The third kappa shape index (κ3) is 6.74. The SMILES string of the molecule is CCCCN(CC)CC=CCS. The molecule has 0 rings (SSSR count). The van der Waals surface area contributed by atoms with Crippen LogP contribution in [0, 0.1) is 0 Å². The van der Waals surface area contributed by atoms with E-state index in [0.29, 0.717) is 0 Å². The first kappa shape index (κ1) is 12.0. The molecule has 0 aromatic carbocycles. The van der Waals surface area contributed by atoms with Crippen LogP contribution in [-0.2, 0) is 0 Å². The van der Waals surface area contributed by atoms with Crippen LogP contribution in [0.1, 0.15) is 26.7 Å². The van der Waals surface area contributed by atoms with E-state index in [9.17, 15) is 0 Å². The van der Waals surface area contributed by atoms with Crippen molar-refractivity contribution < 1.29 is 0 Å². The molecule has 12 heavy (non-hydrogen) atoms. The van der Waals surface area contributed by atoms with Crippen molar-refractivity contribution in [2.24, 2.45) is 0 Å². The van der Waals surface area contributed by atoms with E-state index in [0.717, 1.165) is 18.8 Å². The maximum Gasteiger partial charge on any atom is 0.0163 e. The topological polar surface area (TPSA) is 3.24 Å². The Bertz CT molecular complexity index is 112. The van der Waals surface area contributed by atoms with E-state index in [1.807, 2.05) is 0 Å². The van der Waals surface area contributed by atoms with Gasteiger partial charge in [-0.3, -0.25) is 4.90 Å². The van der Waals surface area contributed by atoms with Gasteiger partial charge in [0.15, 0.2) is 0 Å². The Kier molecular flexibility index (Phi) is 9.18. The number of unbranched alkanes of at least 4 members (excludes halogenated alkanes) is 1. The molecule has 0 aliphatic rings. The van der Waals surface area contributed by atoms with Crippen molar-refractivity contribution in [3.05, 3.63) is 12.2 Å². The summed E-state index contributed by atoms with van der Waals surface area (Å²) >= 11 is 4.12. The Morgan fingerprint density at radius 1 is 1.25 bits per heavy atom. The van der Waals surface area contributed by atoms with Crippen molar-refractivity contribution in [3.63, 3.8) is 0 Å². The summed E-state index contributed by atoms with van der Waals surface area (Å²) in [7, 11) is 0. The molecule has 0 amide bonds. The highest BCUT2D eigenvalue weighted by molar-refractivity contribution is 7.80. The van der Waals surface area contributed by atoms with Gasteiger partial charge in [-0.1, -0.05) is 32.4 Å². The van der Waals surface area contributed by atoms with Crippen LogP contribution in [-0.4, -0.2) is 30.3 Å². The van der Waals surface area contributed by atoms with Crippen LogP contribution in [0.15, 0.2) is 12.2 Å². The van der Waals surface area contributed by atoms with Crippen LogP contribution in [0.4, 0.5) is 0 Å². The molecule has 0 aliphatic heterocycles. The molecule has 72 valence electrons. The van der Waals surface area contributed by atoms with Gasteiger partial charge in [-0.15, -0.1) is 0 Å². The zero-order valence-electron chi connectivity index (χ0n) is 8.29. The molecule has 0 saturated heterocycles. The molecule has 2 heteroatoms. The monoisotopic (exact) mass is 187 g/mol. The summed E-state index contributed by atoms with van der Waals surface area (Å²) in [5.41, 5.74) is 0. The molecule has 0 aromatic rings. The van der Waals surface area contributed by atoms with Gasteiger partial charge in [0.2, 0.25) is 0 Å². The molecular formula is C10H21NS. The molecule has 0 N–H and O–H groups in total.